The minimum atomic E-state index is 0. The Morgan fingerprint density at radius 3 is 0.500 bits per heavy atom. The van der Waals surface area contributed by atoms with E-state index in [2.05, 4.69) is 0 Å². The molecule has 0 bridgehead atoms. The quantitative estimate of drug-likeness (QED) is 0.319. The van der Waals surface area contributed by atoms with Crippen molar-refractivity contribution in [1.29, 1.82) is 0 Å². The molecule has 0 aromatic carbocycles. The van der Waals surface area contributed by atoms with Crippen molar-refractivity contribution in [2.75, 3.05) is 0 Å². The molecule has 1 radical (unpaired) electrons. The van der Waals surface area contributed by atoms with Crippen LogP contribution in [0.4, 0.5) is 0 Å². The minimum absolute atomic E-state index is 0. The molecule has 0 aliphatic rings. The van der Waals surface area contributed by atoms with Gasteiger partial charge in [-0.1, -0.05) is 0 Å². The third kappa shape index (κ3) is 26.1. The Bertz CT molecular complexity index is 3.25. The molecule has 0 aliphatic heterocycles. The summed E-state index contributed by atoms with van der Waals surface area (Å²) in [5.74, 6) is 0. The largest absolute Gasteiger partial charge is 1.00 e. The molecule has 0 N–H and O–H groups in total. The van der Waals surface area contributed by atoms with Crippen molar-refractivity contribution >= 4 is 0 Å². The molecule has 0 saturated carbocycles. The Hall–Kier alpha value is 0.440. The van der Waals surface area contributed by atoms with Crippen molar-refractivity contribution < 1.29 is 50.9 Å². The van der Waals surface area contributed by atoms with E-state index in [4.69, 9.17) is 0 Å². The van der Waals surface area contributed by atoms with Crippen LogP contribution in [0.15, 0.2) is 0 Å². The molecule has 4 heteroatoms. The van der Waals surface area contributed by atoms with Gasteiger partial charge in [0, 0.05) is 0 Å². The molecule has 4 heavy (non-hydrogen) atoms. The van der Waals surface area contributed by atoms with Gasteiger partial charge in [0.2, 0.25) is 0 Å². The maximum Gasteiger partial charge on any atom is 0 e. The van der Waals surface area contributed by atoms with Gasteiger partial charge in [0.05, 0.1) is 0 Å². The third-order valence-electron chi connectivity index (χ3n) is 0. The Morgan fingerprint density at radius 2 is 0.500 bits per heavy atom. The second kappa shape index (κ2) is 106. The van der Waals surface area contributed by atoms with E-state index >= 15 is 0 Å². The molecule has 0 rings (SSSR count). The SMILES string of the molecule is [Bk].[Br-].[Br-].[Br-]. The summed E-state index contributed by atoms with van der Waals surface area (Å²) in [5.41, 5.74) is 0. The molecule has 0 nitrogen and oxygen atoms in total. The van der Waals surface area contributed by atoms with Gasteiger partial charge in [-0.05, 0) is 0 Å². The summed E-state index contributed by atoms with van der Waals surface area (Å²) >= 11 is 0. The fourth-order valence-electron chi connectivity index (χ4n) is 0. The molecular weight excluding hydrogens is 487 g/mol. The van der Waals surface area contributed by atoms with Crippen molar-refractivity contribution in [2.24, 2.45) is 0 Å². The van der Waals surface area contributed by atoms with E-state index in [1.807, 2.05) is 0 Å². The summed E-state index contributed by atoms with van der Waals surface area (Å²) in [6.45, 7) is 0. The molecule has 0 saturated heterocycles. The first-order valence-electron chi connectivity index (χ1n) is 0. The first-order chi connectivity index (χ1) is 0. The standard InChI is InChI=1S/Bk.3BrH/h;3*1H/p-3. The Kier molecular flexibility index (Phi) is 7180. The fourth-order valence-corrected chi connectivity index (χ4v) is 0. The van der Waals surface area contributed by atoms with E-state index in [0.717, 1.165) is 0 Å². The average Bonchev–Trinajstić information content (AvgIpc) is 0. The summed E-state index contributed by atoms with van der Waals surface area (Å²) in [6.07, 6.45) is 0. The monoisotopic (exact) mass is 484 g/mol. The van der Waals surface area contributed by atoms with Gasteiger partial charge >= 0.3 is 0 Å². The molecule has 0 aliphatic carbocycles. The zero-order valence-corrected chi connectivity index (χ0v) is 9.00. The van der Waals surface area contributed by atoms with E-state index in [-0.39, 0.29) is 50.9 Å². The van der Waals surface area contributed by atoms with E-state index in [1.165, 1.54) is 0 Å². The molecule has 0 unspecified atom stereocenters. The van der Waals surface area contributed by atoms with Crippen LogP contribution >= 0.6 is 0 Å². The third-order valence-corrected chi connectivity index (χ3v) is 0. The van der Waals surface area contributed by atoms with Crippen LogP contribution in [0, 0.1) is 0 Å². The second-order valence-electron chi connectivity index (χ2n) is 0. The van der Waals surface area contributed by atoms with Gasteiger partial charge in [0.25, 0.3) is 0 Å². The number of hydrogen-bond donors (Lipinski definition) is 0. The first-order valence-corrected chi connectivity index (χ1v) is 0. The van der Waals surface area contributed by atoms with Crippen LogP contribution < -0.4 is 50.9 Å². The zero-order valence-electron chi connectivity index (χ0n) is 1.47. The molecule has 0 aromatic heterocycles. The van der Waals surface area contributed by atoms with Crippen LogP contribution in [-0.4, -0.2) is 0 Å². The van der Waals surface area contributed by atoms with Crippen LogP contribution in [0.5, 0.6) is 0 Å². The van der Waals surface area contributed by atoms with E-state index in [1.54, 1.807) is 0 Å². The molecular formula is BkBr3-3. The normalized spacial score (nSPS) is 0. The van der Waals surface area contributed by atoms with E-state index < -0.39 is 0 Å². The van der Waals surface area contributed by atoms with Gasteiger partial charge < -0.3 is 50.9 Å². The summed E-state index contributed by atoms with van der Waals surface area (Å²) in [4.78, 5) is 0. The van der Waals surface area contributed by atoms with Crippen molar-refractivity contribution in [3.63, 3.8) is 0 Å². The molecule has 0 heterocycles. The molecule has 0 aromatic rings. The molecule has 0 fully saturated rings. The minimum Gasteiger partial charge on any atom is -1.00 e. The molecule has 0 spiro atoms. The number of hydrogen-bond acceptors (Lipinski definition) is 0. The van der Waals surface area contributed by atoms with E-state index in [9.17, 15) is 0 Å². The van der Waals surface area contributed by atoms with Crippen molar-refractivity contribution in [1.82, 2.24) is 0 Å². The van der Waals surface area contributed by atoms with Crippen molar-refractivity contribution in [2.45, 2.75) is 0 Å². The van der Waals surface area contributed by atoms with E-state index in [0.29, 0.717) is 0 Å². The Morgan fingerprint density at radius 1 is 0.500 bits per heavy atom. The average molecular weight is 487 g/mol. The number of rotatable bonds is 0. The Labute approximate surface area is 50.9 Å². The molecule has 0 atom stereocenters. The summed E-state index contributed by atoms with van der Waals surface area (Å²) < 4.78 is 0. The topological polar surface area (TPSA) is 0 Å². The molecule has 33 valence electrons. The predicted octanol–water partition coefficient (Wildman–Crippen LogP) is -8.99. The summed E-state index contributed by atoms with van der Waals surface area (Å²) in [7, 11) is 0. The molecule has 0 amide bonds. The van der Waals surface area contributed by atoms with Crippen molar-refractivity contribution in [3.05, 3.63) is 0 Å². The van der Waals surface area contributed by atoms with Gasteiger partial charge in [0.1, 0.15) is 0 Å². The second-order valence-corrected chi connectivity index (χ2v) is 0. The maximum absolute atomic E-state index is 0. The predicted molar refractivity (Wildman–Crippen MR) is 0 cm³/mol. The smallest absolute Gasteiger partial charge is 0 e. The van der Waals surface area contributed by atoms with Gasteiger partial charge in [-0.15, -0.1) is 0 Å². The fraction of sp³-hybridized carbons (Fsp3) is 0. The number of halogens is 3. The van der Waals surface area contributed by atoms with Crippen LogP contribution in [0.2, 0.25) is 0 Å². The van der Waals surface area contributed by atoms with Gasteiger partial charge in [-0.25, -0.2) is 0 Å². The van der Waals surface area contributed by atoms with Crippen LogP contribution in [-0.2, 0) is 0 Å². The maximum atomic E-state index is 0. The summed E-state index contributed by atoms with van der Waals surface area (Å²) in [5, 5.41) is 0. The van der Waals surface area contributed by atoms with Gasteiger partial charge in [-0.2, -0.15) is 0 Å². The van der Waals surface area contributed by atoms with Crippen LogP contribution in [0.1, 0.15) is 0 Å². The van der Waals surface area contributed by atoms with Gasteiger partial charge in [0.15, 0.2) is 0 Å². The van der Waals surface area contributed by atoms with Crippen LogP contribution in [0.3, 0.4) is 0 Å². The van der Waals surface area contributed by atoms with Gasteiger partial charge in [-0.3, -0.25) is 0 Å². The zero-order chi connectivity index (χ0) is 0. The summed E-state index contributed by atoms with van der Waals surface area (Å²) in [6, 6.07) is 0. The van der Waals surface area contributed by atoms with Crippen molar-refractivity contribution in [3.8, 4) is 0 Å². The van der Waals surface area contributed by atoms with Crippen LogP contribution in [0.25, 0.3) is 0 Å². The first kappa shape index (κ1) is 271. The Balaban J connectivity index is 0.